The zero-order valence-corrected chi connectivity index (χ0v) is 15.5. The maximum atomic E-state index is 5.97. The van der Waals surface area contributed by atoms with Crippen LogP contribution < -0.4 is 15.4 Å². The van der Waals surface area contributed by atoms with Crippen molar-refractivity contribution in [2.24, 2.45) is 4.99 Å². The van der Waals surface area contributed by atoms with E-state index in [0.29, 0.717) is 0 Å². The van der Waals surface area contributed by atoms with Crippen LogP contribution in [0.15, 0.2) is 29.3 Å². The minimum Gasteiger partial charge on any atom is -0.488 e. The van der Waals surface area contributed by atoms with E-state index in [1.807, 2.05) is 19.2 Å². The van der Waals surface area contributed by atoms with Crippen LogP contribution >= 0.6 is 0 Å². The first-order valence-electron chi connectivity index (χ1n) is 9.76. The van der Waals surface area contributed by atoms with Crippen LogP contribution in [0.2, 0.25) is 0 Å². The van der Waals surface area contributed by atoms with Crippen LogP contribution in [-0.4, -0.2) is 56.7 Å². The Morgan fingerprint density at radius 3 is 2.72 bits per heavy atom. The van der Waals surface area contributed by atoms with E-state index in [-0.39, 0.29) is 6.10 Å². The Balaban J connectivity index is 1.31. The molecule has 1 saturated heterocycles. The molecule has 1 atom stereocenters. The van der Waals surface area contributed by atoms with Gasteiger partial charge in [0.15, 0.2) is 5.96 Å². The summed E-state index contributed by atoms with van der Waals surface area (Å²) in [5, 5.41) is 6.82. The van der Waals surface area contributed by atoms with Gasteiger partial charge >= 0.3 is 0 Å². The number of para-hydroxylation sites is 1. The summed E-state index contributed by atoms with van der Waals surface area (Å²) in [6.07, 6.45) is 7.84. The molecule has 138 valence electrons. The lowest BCUT2D eigenvalue weighted by Crippen LogP contribution is -2.43. The topological polar surface area (TPSA) is 48.9 Å². The molecule has 1 aromatic rings. The molecule has 0 radical (unpaired) electrons. The van der Waals surface area contributed by atoms with Crippen LogP contribution in [-0.2, 0) is 6.42 Å². The molecular formula is C20H32N4O. The van der Waals surface area contributed by atoms with E-state index in [1.165, 1.54) is 50.9 Å². The first kappa shape index (κ1) is 18.1. The third-order valence-corrected chi connectivity index (χ3v) is 5.08. The molecule has 0 spiro atoms. The van der Waals surface area contributed by atoms with Crippen molar-refractivity contribution >= 4 is 5.96 Å². The molecule has 2 aliphatic rings. The number of guanidine groups is 1. The van der Waals surface area contributed by atoms with Crippen molar-refractivity contribution in [2.75, 3.05) is 39.8 Å². The average Bonchev–Trinajstić information content (AvgIpc) is 2.88. The van der Waals surface area contributed by atoms with Gasteiger partial charge in [0.1, 0.15) is 11.9 Å². The molecule has 1 unspecified atom stereocenters. The highest BCUT2D eigenvalue weighted by molar-refractivity contribution is 5.79. The van der Waals surface area contributed by atoms with Crippen LogP contribution in [0.4, 0.5) is 0 Å². The molecule has 0 bridgehead atoms. The number of fused-ring (bicyclic) bond motifs is 1. The van der Waals surface area contributed by atoms with Gasteiger partial charge in [-0.1, -0.05) is 31.0 Å². The number of hydrogen-bond acceptors (Lipinski definition) is 3. The highest BCUT2D eigenvalue weighted by Crippen LogP contribution is 2.27. The quantitative estimate of drug-likeness (QED) is 0.473. The highest BCUT2D eigenvalue weighted by atomic mass is 16.5. The van der Waals surface area contributed by atoms with Crippen molar-refractivity contribution in [1.29, 1.82) is 0 Å². The fourth-order valence-electron chi connectivity index (χ4n) is 3.67. The predicted molar refractivity (Wildman–Crippen MR) is 103 cm³/mol. The Labute approximate surface area is 151 Å². The van der Waals surface area contributed by atoms with E-state index in [0.717, 1.165) is 37.6 Å². The van der Waals surface area contributed by atoms with Crippen LogP contribution in [0.25, 0.3) is 0 Å². The molecule has 25 heavy (non-hydrogen) atoms. The molecule has 0 aromatic heterocycles. The van der Waals surface area contributed by atoms with Crippen LogP contribution in [0, 0.1) is 0 Å². The molecule has 3 rings (SSSR count). The minimum atomic E-state index is 0.188. The Morgan fingerprint density at radius 2 is 1.96 bits per heavy atom. The van der Waals surface area contributed by atoms with Crippen LogP contribution in [0.1, 0.15) is 37.7 Å². The second-order valence-corrected chi connectivity index (χ2v) is 7.04. The fourth-order valence-corrected chi connectivity index (χ4v) is 3.67. The number of likely N-dealkylation sites (tertiary alicyclic amines) is 1. The van der Waals surface area contributed by atoms with Gasteiger partial charge in [-0.3, -0.25) is 4.99 Å². The molecule has 1 fully saturated rings. The van der Waals surface area contributed by atoms with Gasteiger partial charge in [0.05, 0.1) is 6.54 Å². The molecule has 2 N–H and O–H groups in total. The molecule has 5 nitrogen and oxygen atoms in total. The van der Waals surface area contributed by atoms with Gasteiger partial charge in [0.2, 0.25) is 0 Å². The monoisotopic (exact) mass is 344 g/mol. The summed E-state index contributed by atoms with van der Waals surface area (Å²) in [4.78, 5) is 6.93. The first-order chi connectivity index (χ1) is 12.3. The third kappa shape index (κ3) is 5.63. The molecule has 0 amide bonds. The van der Waals surface area contributed by atoms with Crippen LogP contribution in [0.5, 0.6) is 5.75 Å². The largest absolute Gasteiger partial charge is 0.488 e. The summed E-state index contributed by atoms with van der Waals surface area (Å²) < 4.78 is 5.97. The SMILES string of the molecule is CN=C(NCCCN1CCCCCC1)NCC1Cc2ccccc2O1. The zero-order valence-electron chi connectivity index (χ0n) is 15.5. The minimum absolute atomic E-state index is 0.188. The first-order valence-corrected chi connectivity index (χ1v) is 9.76. The van der Waals surface area contributed by atoms with E-state index in [4.69, 9.17) is 4.74 Å². The van der Waals surface area contributed by atoms with Crippen molar-refractivity contribution in [3.8, 4) is 5.75 Å². The van der Waals surface area contributed by atoms with Gasteiger partial charge in [-0.2, -0.15) is 0 Å². The lowest BCUT2D eigenvalue weighted by molar-refractivity contribution is 0.235. The standard InChI is InChI=1S/C20H32N4O/c1-21-20(22-11-8-14-24-12-6-2-3-7-13-24)23-16-18-15-17-9-4-5-10-19(17)25-18/h4-5,9-10,18H,2-3,6-8,11-16H2,1H3,(H2,21,22,23). The summed E-state index contributed by atoms with van der Waals surface area (Å²) >= 11 is 0. The van der Waals surface area contributed by atoms with Crippen molar-refractivity contribution in [3.05, 3.63) is 29.8 Å². The second-order valence-electron chi connectivity index (χ2n) is 7.04. The highest BCUT2D eigenvalue weighted by Gasteiger charge is 2.22. The van der Waals surface area contributed by atoms with Crippen LogP contribution in [0.3, 0.4) is 0 Å². The van der Waals surface area contributed by atoms with E-state index in [1.54, 1.807) is 0 Å². The Hall–Kier alpha value is -1.75. The summed E-state index contributed by atoms with van der Waals surface area (Å²) in [6, 6.07) is 8.29. The Morgan fingerprint density at radius 1 is 1.16 bits per heavy atom. The fraction of sp³-hybridized carbons (Fsp3) is 0.650. The Kier molecular flexibility index (Phi) is 6.98. The number of nitrogens with one attached hydrogen (secondary N) is 2. The zero-order chi connectivity index (χ0) is 17.3. The number of ether oxygens (including phenoxy) is 1. The lowest BCUT2D eigenvalue weighted by atomic mass is 10.1. The maximum absolute atomic E-state index is 5.97. The van der Waals surface area contributed by atoms with Crippen molar-refractivity contribution in [1.82, 2.24) is 15.5 Å². The summed E-state index contributed by atoms with van der Waals surface area (Å²) in [7, 11) is 1.83. The lowest BCUT2D eigenvalue weighted by Gasteiger charge is -2.20. The van der Waals surface area contributed by atoms with Crippen molar-refractivity contribution in [3.63, 3.8) is 0 Å². The van der Waals surface area contributed by atoms with E-state index in [2.05, 4.69) is 32.7 Å². The van der Waals surface area contributed by atoms with Gasteiger partial charge in [-0.05, 0) is 50.5 Å². The third-order valence-electron chi connectivity index (χ3n) is 5.08. The molecule has 2 heterocycles. The summed E-state index contributed by atoms with van der Waals surface area (Å²) in [6.45, 7) is 5.46. The summed E-state index contributed by atoms with van der Waals surface area (Å²) in [5.41, 5.74) is 1.30. The number of benzene rings is 1. The van der Waals surface area contributed by atoms with Gasteiger partial charge in [0.25, 0.3) is 0 Å². The number of aliphatic imine (C=N–C) groups is 1. The van der Waals surface area contributed by atoms with Gasteiger partial charge in [-0.25, -0.2) is 0 Å². The molecule has 5 heteroatoms. The molecular weight excluding hydrogens is 312 g/mol. The van der Waals surface area contributed by atoms with E-state index >= 15 is 0 Å². The number of nitrogens with zero attached hydrogens (tertiary/aromatic N) is 2. The average molecular weight is 345 g/mol. The van der Waals surface area contributed by atoms with E-state index < -0.39 is 0 Å². The van der Waals surface area contributed by atoms with Gasteiger partial charge < -0.3 is 20.3 Å². The number of rotatable bonds is 6. The Bertz CT molecular complexity index is 527. The van der Waals surface area contributed by atoms with Gasteiger partial charge in [-0.15, -0.1) is 0 Å². The maximum Gasteiger partial charge on any atom is 0.191 e. The normalized spacial score (nSPS) is 21.3. The van der Waals surface area contributed by atoms with E-state index in [9.17, 15) is 0 Å². The molecule has 0 aliphatic carbocycles. The molecule has 0 saturated carbocycles. The predicted octanol–water partition coefficient (Wildman–Crippen LogP) is 2.42. The van der Waals surface area contributed by atoms with Gasteiger partial charge in [0, 0.05) is 20.0 Å². The molecule has 2 aliphatic heterocycles. The second kappa shape index (κ2) is 9.66. The van der Waals surface area contributed by atoms with Crippen molar-refractivity contribution in [2.45, 2.75) is 44.6 Å². The van der Waals surface area contributed by atoms with Crippen molar-refractivity contribution < 1.29 is 4.74 Å². The smallest absolute Gasteiger partial charge is 0.191 e. The summed E-state index contributed by atoms with van der Waals surface area (Å²) in [5.74, 6) is 1.89. The molecule has 1 aromatic carbocycles. The number of hydrogen-bond donors (Lipinski definition) is 2.